The predicted molar refractivity (Wildman–Crippen MR) is 185 cm³/mol. The maximum absolute atomic E-state index is 13.2. The standard InChI is InChI=1S/C38H48N4O6/c1-23(2)19-41-38(39)42-20-27-9-5-7-25-15-28-16-26(35(48-22-40-3)37-32(28)17-29(27)21-47-37)8-6-10-31-24(11-13-30(43)18-34(25)45)12-14-33(44)36(31)46-4/h12,14,16,23,25,27,29,34,40,44-45H,8-9,11,13,15,17-22H2,1-4H3,(H3,39,41,42)/t25-,27+,29+,34-/m0/s1. The summed E-state index contributed by atoms with van der Waals surface area (Å²) in [7, 11) is 3.31. The molecule has 5 rings (SSSR count). The van der Waals surface area contributed by atoms with Gasteiger partial charge in [-0.25, -0.2) is 0 Å². The monoisotopic (exact) mass is 656 g/mol. The first-order valence-corrected chi connectivity index (χ1v) is 16.9. The van der Waals surface area contributed by atoms with Gasteiger partial charge in [-0.3, -0.25) is 15.1 Å². The number of carbonyl (C=O) groups is 1. The number of aryl methyl sites for hydroxylation is 1. The smallest absolute Gasteiger partial charge is 0.188 e. The second-order valence-electron chi connectivity index (χ2n) is 13.3. The molecule has 5 bridgehead atoms. The predicted octanol–water partition coefficient (Wildman–Crippen LogP) is 3.11. The van der Waals surface area contributed by atoms with E-state index in [-0.39, 0.29) is 48.7 Å². The summed E-state index contributed by atoms with van der Waals surface area (Å²) in [5.41, 5.74) is 10.4. The maximum Gasteiger partial charge on any atom is 0.188 e. The zero-order valence-electron chi connectivity index (χ0n) is 28.4. The molecule has 2 aromatic carbocycles. The molecule has 1 heterocycles. The largest absolute Gasteiger partial charge is 0.504 e. The van der Waals surface area contributed by atoms with Crippen molar-refractivity contribution in [3.05, 3.63) is 46.0 Å². The van der Waals surface area contributed by atoms with Crippen molar-refractivity contribution in [3.63, 3.8) is 0 Å². The van der Waals surface area contributed by atoms with E-state index in [9.17, 15) is 15.0 Å². The molecule has 0 saturated carbocycles. The van der Waals surface area contributed by atoms with E-state index in [2.05, 4.69) is 59.2 Å². The van der Waals surface area contributed by atoms with E-state index in [0.717, 1.165) is 28.7 Å². The first-order valence-electron chi connectivity index (χ1n) is 16.9. The first-order chi connectivity index (χ1) is 23.2. The quantitative estimate of drug-likeness (QED) is 0.125. The van der Waals surface area contributed by atoms with E-state index in [1.807, 2.05) is 7.05 Å². The van der Waals surface area contributed by atoms with Crippen LogP contribution in [0.3, 0.4) is 0 Å². The van der Waals surface area contributed by atoms with Crippen LogP contribution in [0.1, 0.15) is 60.9 Å². The summed E-state index contributed by atoms with van der Waals surface area (Å²) in [4.78, 5) is 17.7. The number of ketones is 1. The van der Waals surface area contributed by atoms with Crippen molar-refractivity contribution >= 4 is 11.7 Å². The molecule has 256 valence electrons. The van der Waals surface area contributed by atoms with Crippen molar-refractivity contribution in [3.8, 4) is 46.7 Å². The average molecular weight is 657 g/mol. The Morgan fingerprint density at radius 2 is 1.98 bits per heavy atom. The van der Waals surface area contributed by atoms with Crippen LogP contribution < -0.4 is 30.6 Å². The van der Waals surface area contributed by atoms with Crippen LogP contribution in [0.5, 0.6) is 23.0 Å². The molecule has 0 saturated heterocycles. The summed E-state index contributed by atoms with van der Waals surface area (Å²) < 4.78 is 18.4. The van der Waals surface area contributed by atoms with Crippen LogP contribution in [0.15, 0.2) is 23.2 Å². The fourth-order valence-corrected chi connectivity index (χ4v) is 6.56. The van der Waals surface area contributed by atoms with E-state index in [0.29, 0.717) is 74.3 Å². The molecule has 10 nitrogen and oxygen atoms in total. The van der Waals surface area contributed by atoms with Crippen LogP contribution in [0, 0.1) is 47.4 Å². The van der Waals surface area contributed by atoms with Gasteiger partial charge in [0, 0.05) is 55.8 Å². The van der Waals surface area contributed by atoms with E-state index in [1.54, 1.807) is 12.1 Å². The van der Waals surface area contributed by atoms with E-state index in [4.69, 9.17) is 19.9 Å². The first kappa shape index (κ1) is 34.9. The molecule has 2 aliphatic carbocycles. The van der Waals surface area contributed by atoms with Crippen LogP contribution in [-0.2, 0) is 30.5 Å². The number of methoxy groups -OCH3 is 1. The summed E-state index contributed by atoms with van der Waals surface area (Å²) in [5.74, 6) is 15.4. The molecule has 0 spiro atoms. The van der Waals surface area contributed by atoms with Crippen molar-refractivity contribution in [2.75, 3.05) is 40.6 Å². The van der Waals surface area contributed by atoms with Crippen molar-refractivity contribution in [1.82, 2.24) is 10.6 Å². The molecule has 10 heteroatoms. The van der Waals surface area contributed by atoms with Gasteiger partial charge in [0.05, 0.1) is 31.3 Å². The Labute approximate surface area is 283 Å². The minimum absolute atomic E-state index is 0.0129. The number of aliphatic hydroxyl groups is 1. The summed E-state index contributed by atoms with van der Waals surface area (Å²) in [6.07, 6.45) is 1.78. The number of nitrogens with one attached hydrogen (secondary N) is 2. The van der Waals surface area contributed by atoms with E-state index >= 15 is 0 Å². The van der Waals surface area contributed by atoms with Crippen molar-refractivity contribution in [2.24, 2.45) is 34.4 Å². The van der Waals surface area contributed by atoms with Crippen LogP contribution in [0.4, 0.5) is 0 Å². The van der Waals surface area contributed by atoms with Gasteiger partial charge in [-0.05, 0) is 55.3 Å². The molecule has 2 aromatic rings. The molecular formula is C38H48N4O6. The molecule has 48 heavy (non-hydrogen) atoms. The topological polar surface area (TPSA) is 148 Å². The summed E-state index contributed by atoms with van der Waals surface area (Å²) in [6, 6.07) is 5.42. The summed E-state index contributed by atoms with van der Waals surface area (Å²) in [5, 5.41) is 28.4. The van der Waals surface area contributed by atoms with Gasteiger partial charge in [0.25, 0.3) is 0 Å². The number of benzene rings is 2. The molecular weight excluding hydrogens is 608 g/mol. The Morgan fingerprint density at radius 3 is 2.75 bits per heavy atom. The number of aliphatic hydroxyl groups excluding tert-OH is 1. The lowest BCUT2D eigenvalue weighted by Crippen LogP contribution is -2.40. The number of aromatic hydroxyl groups is 1. The molecule has 0 unspecified atom stereocenters. The number of carbonyl (C=O) groups excluding carboxylic acids is 1. The number of rotatable bonds is 8. The number of Topliss-reactive ketones (excluding diaryl/α,β-unsaturated/α-hetero) is 1. The van der Waals surface area contributed by atoms with Gasteiger partial charge in [-0.15, -0.1) is 5.92 Å². The Balaban J connectivity index is 1.59. The van der Waals surface area contributed by atoms with Crippen LogP contribution in [-0.4, -0.2) is 68.6 Å². The number of hydrogen-bond acceptors (Lipinski definition) is 8. The maximum atomic E-state index is 13.2. The lowest BCUT2D eigenvalue weighted by Gasteiger charge is -2.35. The summed E-state index contributed by atoms with van der Waals surface area (Å²) >= 11 is 0. The van der Waals surface area contributed by atoms with E-state index < -0.39 is 12.0 Å². The zero-order chi connectivity index (χ0) is 34.2. The zero-order valence-corrected chi connectivity index (χ0v) is 28.4. The third-order valence-corrected chi connectivity index (χ3v) is 9.20. The third kappa shape index (κ3) is 8.36. The lowest BCUT2D eigenvalue weighted by atomic mass is 9.78. The number of ether oxygens (including phenoxy) is 3. The Morgan fingerprint density at radius 1 is 1.15 bits per heavy atom. The van der Waals surface area contributed by atoms with Gasteiger partial charge < -0.3 is 35.5 Å². The van der Waals surface area contributed by atoms with Gasteiger partial charge in [0.15, 0.2) is 29.0 Å². The summed E-state index contributed by atoms with van der Waals surface area (Å²) in [6.45, 7) is 6.20. The minimum atomic E-state index is -0.949. The minimum Gasteiger partial charge on any atom is -0.504 e. The van der Waals surface area contributed by atoms with Crippen LogP contribution in [0.2, 0.25) is 0 Å². The third-order valence-electron chi connectivity index (χ3n) is 9.20. The highest BCUT2D eigenvalue weighted by Crippen LogP contribution is 2.44. The van der Waals surface area contributed by atoms with Gasteiger partial charge in [-0.2, -0.15) is 0 Å². The highest BCUT2D eigenvalue weighted by atomic mass is 16.5. The fourth-order valence-electron chi connectivity index (χ4n) is 6.56. The van der Waals surface area contributed by atoms with Crippen molar-refractivity contribution in [1.29, 1.82) is 0 Å². The second kappa shape index (κ2) is 16.1. The molecule has 0 amide bonds. The van der Waals surface area contributed by atoms with Crippen LogP contribution in [0.25, 0.3) is 0 Å². The Bertz CT molecular complexity index is 1650. The Kier molecular flexibility index (Phi) is 11.8. The van der Waals surface area contributed by atoms with Gasteiger partial charge in [0.1, 0.15) is 12.5 Å². The number of phenols is 1. The molecule has 0 radical (unpaired) electrons. The molecule has 3 aliphatic rings. The lowest BCUT2D eigenvalue weighted by molar-refractivity contribution is -0.121. The van der Waals surface area contributed by atoms with Gasteiger partial charge in [-0.1, -0.05) is 43.7 Å². The molecule has 4 atom stereocenters. The number of phenolic OH excluding ortho intramolecular Hbond substituents is 1. The number of nitrogens with two attached hydrogens (primary N) is 1. The van der Waals surface area contributed by atoms with Crippen LogP contribution >= 0.6 is 0 Å². The van der Waals surface area contributed by atoms with Gasteiger partial charge >= 0.3 is 0 Å². The highest BCUT2D eigenvalue weighted by Gasteiger charge is 2.34. The number of guanidine groups is 1. The number of aliphatic imine (C=N–C) groups is 1. The van der Waals surface area contributed by atoms with Crippen molar-refractivity contribution in [2.45, 2.75) is 64.9 Å². The number of nitrogens with zero attached hydrogens (tertiary/aromatic N) is 1. The Hall–Kier alpha value is -4.38. The number of fused-ring (bicyclic) bond motifs is 4. The van der Waals surface area contributed by atoms with E-state index in [1.165, 1.54) is 7.11 Å². The second-order valence-corrected chi connectivity index (χ2v) is 13.3. The molecule has 6 N–H and O–H groups in total. The number of hydrogen-bond donors (Lipinski definition) is 5. The average Bonchev–Trinajstić information content (AvgIpc) is 3.07. The van der Waals surface area contributed by atoms with Gasteiger partial charge in [0.2, 0.25) is 0 Å². The normalized spacial score (nSPS) is 22.2. The molecule has 0 aromatic heterocycles. The fraction of sp³-hybridized carbons (Fsp3) is 0.526. The molecule has 0 fully saturated rings. The molecule has 1 aliphatic heterocycles. The highest BCUT2D eigenvalue weighted by molar-refractivity contribution is 5.79. The van der Waals surface area contributed by atoms with Crippen molar-refractivity contribution < 1.29 is 29.2 Å². The SMILES string of the molecule is CNCOc1c2cc3c4c1OC[C@@H](C4)[C@@H](CNC(N)=NCC(C)C)CC#C[C@@H](C3)[C@@H](O)CC(=O)CCc1ccc(O)c(OC)c1C#CC2.